The number of halogens is 3. The highest BCUT2D eigenvalue weighted by atomic mass is 19.4. The van der Waals surface area contributed by atoms with E-state index in [9.17, 15) is 13.2 Å². The molecule has 1 unspecified atom stereocenters. The molecule has 0 fully saturated rings. The molecule has 0 bridgehead atoms. The van der Waals surface area contributed by atoms with Crippen LogP contribution in [0, 0.1) is 0 Å². The van der Waals surface area contributed by atoms with Gasteiger partial charge in [-0.1, -0.05) is 26.7 Å². The van der Waals surface area contributed by atoms with Gasteiger partial charge in [0.1, 0.15) is 5.82 Å². The Morgan fingerprint density at radius 3 is 2.60 bits per heavy atom. The molecular formula is C15H19F3N2. The summed E-state index contributed by atoms with van der Waals surface area (Å²) in [5, 5.41) is 0. The predicted octanol–water partition coefficient (Wildman–Crippen LogP) is 5.27. The number of hydrogen-bond acceptors (Lipinski definition) is 1. The van der Waals surface area contributed by atoms with E-state index < -0.39 is 11.7 Å². The summed E-state index contributed by atoms with van der Waals surface area (Å²) >= 11 is 0. The fraction of sp³-hybridized carbons (Fsp3) is 0.533. The molecule has 0 spiro atoms. The third-order valence-corrected chi connectivity index (χ3v) is 3.61. The molecule has 0 saturated carbocycles. The number of imidazole rings is 1. The van der Waals surface area contributed by atoms with Crippen molar-refractivity contribution in [2.45, 2.75) is 51.6 Å². The van der Waals surface area contributed by atoms with E-state index in [0.717, 1.165) is 43.6 Å². The van der Waals surface area contributed by atoms with Crippen molar-refractivity contribution in [2.75, 3.05) is 0 Å². The Morgan fingerprint density at radius 1 is 1.25 bits per heavy atom. The van der Waals surface area contributed by atoms with Gasteiger partial charge in [0, 0.05) is 5.92 Å². The van der Waals surface area contributed by atoms with E-state index in [-0.39, 0.29) is 5.92 Å². The maximum atomic E-state index is 12.7. The van der Waals surface area contributed by atoms with E-state index in [2.05, 4.69) is 23.8 Å². The van der Waals surface area contributed by atoms with Gasteiger partial charge in [-0.15, -0.1) is 0 Å². The second-order valence-electron chi connectivity index (χ2n) is 5.10. The molecule has 1 heterocycles. The van der Waals surface area contributed by atoms with Crippen molar-refractivity contribution in [2.24, 2.45) is 0 Å². The van der Waals surface area contributed by atoms with E-state index in [1.54, 1.807) is 0 Å². The molecule has 0 amide bonds. The quantitative estimate of drug-likeness (QED) is 0.796. The number of fused-ring (bicyclic) bond motifs is 1. The Labute approximate surface area is 116 Å². The molecular weight excluding hydrogens is 265 g/mol. The molecule has 5 heteroatoms. The molecule has 2 aromatic rings. The summed E-state index contributed by atoms with van der Waals surface area (Å²) in [6, 6.07) is 3.66. The average molecular weight is 284 g/mol. The van der Waals surface area contributed by atoms with E-state index in [0.29, 0.717) is 11.0 Å². The van der Waals surface area contributed by atoms with Crippen molar-refractivity contribution in [3.05, 3.63) is 29.6 Å². The number of H-pyrrole nitrogens is 1. The lowest BCUT2D eigenvalue weighted by molar-refractivity contribution is -0.137. The van der Waals surface area contributed by atoms with Crippen molar-refractivity contribution in [1.82, 2.24) is 9.97 Å². The van der Waals surface area contributed by atoms with Crippen LogP contribution in [0.15, 0.2) is 18.2 Å². The van der Waals surface area contributed by atoms with Gasteiger partial charge < -0.3 is 4.98 Å². The van der Waals surface area contributed by atoms with Crippen LogP contribution in [-0.4, -0.2) is 9.97 Å². The minimum absolute atomic E-state index is 0.289. The van der Waals surface area contributed by atoms with Crippen LogP contribution in [0.3, 0.4) is 0 Å². The van der Waals surface area contributed by atoms with Crippen LogP contribution in [0.1, 0.15) is 56.8 Å². The van der Waals surface area contributed by atoms with Crippen LogP contribution < -0.4 is 0 Å². The summed E-state index contributed by atoms with van der Waals surface area (Å²) in [6.07, 6.45) is -0.158. The molecule has 1 aromatic carbocycles. The lowest BCUT2D eigenvalue weighted by Crippen LogP contribution is -2.04. The van der Waals surface area contributed by atoms with Crippen LogP contribution in [-0.2, 0) is 6.18 Å². The third kappa shape index (κ3) is 3.14. The molecule has 1 N–H and O–H groups in total. The monoisotopic (exact) mass is 284 g/mol. The van der Waals surface area contributed by atoms with Crippen molar-refractivity contribution in [3.8, 4) is 0 Å². The van der Waals surface area contributed by atoms with Crippen molar-refractivity contribution < 1.29 is 13.2 Å². The first-order chi connectivity index (χ1) is 9.45. The smallest absolute Gasteiger partial charge is 0.342 e. The minimum atomic E-state index is -4.31. The van der Waals surface area contributed by atoms with Gasteiger partial charge in [0.15, 0.2) is 0 Å². The molecule has 20 heavy (non-hydrogen) atoms. The Hall–Kier alpha value is -1.52. The fourth-order valence-electron chi connectivity index (χ4n) is 2.38. The van der Waals surface area contributed by atoms with Gasteiger partial charge in [-0.3, -0.25) is 0 Å². The number of alkyl halides is 3. The standard InChI is InChI=1S/C15H19F3N2/c1-3-5-6-10(4-2)14-19-12-8-7-11(15(16,17)18)9-13(12)20-14/h7-10H,3-6H2,1-2H3,(H,19,20). The number of unbranched alkanes of at least 4 members (excludes halogenated alkanes) is 1. The largest absolute Gasteiger partial charge is 0.416 e. The van der Waals surface area contributed by atoms with E-state index in [1.807, 2.05) is 0 Å². The zero-order valence-corrected chi connectivity index (χ0v) is 11.7. The second-order valence-corrected chi connectivity index (χ2v) is 5.10. The molecule has 2 nitrogen and oxygen atoms in total. The van der Waals surface area contributed by atoms with Gasteiger partial charge in [-0.2, -0.15) is 13.2 Å². The summed E-state index contributed by atoms with van der Waals surface area (Å²) in [4.78, 5) is 7.49. The van der Waals surface area contributed by atoms with Crippen LogP contribution in [0.4, 0.5) is 13.2 Å². The maximum absolute atomic E-state index is 12.7. The molecule has 1 aromatic heterocycles. The Bertz CT molecular complexity index is 572. The van der Waals surface area contributed by atoms with Gasteiger partial charge in [0.25, 0.3) is 0 Å². The first kappa shape index (κ1) is 14.9. The molecule has 1 atom stereocenters. The van der Waals surface area contributed by atoms with Gasteiger partial charge in [-0.25, -0.2) is 4.98 Å². The number of nitrogens with one attached hydrogen (secondary N) is 1. The number of benzene rings is 1. The van der Waals surface area contributed by atoms with Gasteiger partial charge in [0.2, 0.25) is 0 Å². The first-order valence-corrected chi connectivity index (χ1v) is 7.02. The first-order valence-electron chi connectivity index (χ1n) is 7.02. The molecule has 110 valence electrons. The summed E-state index contributed by atoms with van der Waals surface area (Å²) < 4.78 is 38.0. The van der Waals surface area contributed by atoms with Crippen LogP contribution in [0.25, 0.3) is 11.0 Å². The van der Waals surface area contributed by atoms with Crippen LogP contribution >= 0.6 is 0 Å². The molecule has 2 rings (SSSR count). The zero-order valence-electron chi connectivity index (χ0n) is 11.7. The lowest BCUT2D eigenvalue weighted by atomic mass is 9.99. The Balaban J connectivity index is 2.33. The zero-order chi connectivity index (χ0) is 14.8. The normalized spacial score (nSPS) is 13.8. The Kier molecular flexibility index (Phi) is 4.35. The van der Waals surface area contributed by atoms with Crippen molar-refractivity contribution in [1.29, 1.82) is 0 Å². The topological polar surface area (TPSA) is 28.7 Å². The van der Waals surface area contributed by atoms with Crippen LogP contribution in [0.5, 0.6) is 0 Å². The number of hydrogen-bond donors (Lipinski definition) is 1. The minimum Gasteiger partial charge on any atom is -0.342 e. The van der Waals surface area contributed by atoms with Crippen molar-refractivity contribution in [3.63, 3.8) is 0 Å². The number of aromatic nitrogens is 2. The van der Waals surface area contributed by atoms with Gasteiger partial charge >= 0.3 is 6.18 Å². The van der Waals surface area contributed by atoms with Crippen molar-refractivity contribution >= 4 is 11.0 Å². The van der Waals surface area contributed by atoms with E-state index >= 15 is 0 Å². The van der Waals surface area contributed by atoms with E-state index in [4.69, 9.17) is 0 Å². The third-order valence-electron chi connectivity index (χ3n) is 3.61. The van der Waals surface area contributed by atoms with Crippen LogP contribution in [0.2, 0.25) is 0 Å². The molecule has 0 aliphatic carbocycles. The maximum Gasteiger partial charge on any atom is 0.416 e. The highest BCUT2D eigenvalue weighted by Gasteiger charge is 2.30. The Morgan fingerprint density at radius 2 is 2.00 bits per heavy atom. The SMILES string of the molecule is CCCCC(CC)c1nc2ccc(C(F)(F)F)cc2[nH]1. The predicted molar refractivity (Wildman–Crippen MR) is 73.7 cm³/mol. The summed E-state index contributed by atoms with van der Waals surface area (Å²) in [5.74, 6) is 1.09. The summed E-state index contributed by atoms with van der Waals surface area (Å²) in [5.41, 5.74) is 0.425. The number of rotatable bonds is 5. The highest BCUT2D eigenvalue weighted by Crippen LogP contribution is 2.32. The lowest BCUT2D eigenvalue weighted by Gasteiger charge is -2.10. The summed E-state index contributed by atoms with van der Waals surface area (Å²) in [6.45, 7) is 4.20. The van der Waals surface area contributed by atoms with Gasteiger partial charge in [0.05, 0.1) is 16.6 Å². The van der Waals surface area contributed by atoms with E-state index in [1.165, 1.54) is 6.07 Å². The molecule has 0 radical (unpaired) electrons. The molecule has 0 aliphatic heterocycles. The second kappa shape index (κ2) is 5.85. The van der Waals surface area contributed by atoms with Gasteiger partial charge in [-0.05, 0) is 31.0 Å². The molecule has 0 aliphatic rings. The summed E-state index contributed by atoms with van der Waals surface area (Å²) in [7, 11) is 0. The number of aromatic amines is 1. The highest BCUT2D eigenvalue weighted by molar-refractivity contribution is 5.76. The molecule has 0 saturated heterocycles. The fourth-order valence-corrected chi connectivity index (χ4v) is 2.38. The average Bonchev–Trinajstić information content (AvgIpc) is 2.81. The number of nitrogens with zero attached hydrogens (tertiary/aromatic N) is 1.